The molecule has 2 amide bonds. The lowest BCUT2D eigenvalue weighted by Gasteiger charge is -2.39. The Balaban J connectivity index is 1.08. The number of nitrogens with one attached hydrogen (secondary N) is 1. The lowest BCUT2D eigenvalue weighted by molar-refractivity contribution is -0.129. The molecule has 39 heavy (non-hydrogen) atoms. The number of hydrogen-bond donors (Lipinski definition) is 1. The number of benzene rings is 2. The number of likely N-dealkylation sites (tertiary alicyclic amines) is 2. The van der Waals surface area contributed by atoms with Crippen molar-refractivity contribution in [3.05, 3.63) is 64.1 Å². The lowest BCUT2D eigenvalue weighted by Crippen LogP contribution is -2.54. The Bertz CT molecular complexity index is 1170. The number of nitrogens with zero attached hydrogens (tertiary/aromatic N) is 3. The molecule has 2 aromatic carbocycles. The summed E-state index contributed by atoms with van der Waals surface area (Å²) in [4.78, 5) is 32.6. The predicted molar refractivity (Wildman–Crippen MR) is 155 cm³/mol. The Labute approximate surface area is 241 Å². The van der Waals surface area contributed by atoms with Gasteiger partial charge in [0.1, 0.15) is 17.4 Å². The zero-order valence-corrected chi connectivity index (χ0v) is 24.3. The van der Waals surface area contributed by atoms with Crippen LogP contribution in [-0.2, 0) is 4.79 Å². The van der Waals surface area contributed by atoms with E-state index < -0.39 is 5.54 Å². The van der Waals surface area contributed by atoms with Crippen LogP contribution in [-0.4, -0.2) is 84.5 Å². The number of likely N-dealkylation sites (N-methyl/N-ethyl adjacent to an activating group) is 1. The Morgan fingerprint density at radius 3 is 2.31 bits per heavy atom. The number of rotatable bonds is 8. The fourth-order valence-electron chi connectivity index (χ4n) is 6.17. The van der Waals surface area contributed by atoms with Crippen LogP contribution in [0.1, 0.15) is 44.2 Å². The molecule has 0 aromatic heterocycles. The van der Waals surface area contributed by atoms with Crippen LogP contribution in [0.2, 0.25) is 10.0 Å². The van der Waals surface area contributed by atoms with Crippen LogP contribution in [0, 0.1) is 5.92 Å². The standard InChI is InChI=1S/C30H38Cl2N4O3/c1-30(28(33-29(38)34(30)2)22-6-4-3-5-7-22)27(37)20-36-14-10-21(11-15-36)19-35-16-12-23(13-17-35)39-24-8-9-25(31)26(32)18-24/h3-9,18,21,23,28H,10-17,19-20H2,1-2H3,(H,33,38)/t28-,30-/m1/s1. The molecule has 1 N–H and O–H groups in total. The average molecular weight is 574 g/mol. The minimum absolute atomic E-state index is 0.0831. The van der Waals surface area contributed by atoms with E-state index in [2.05, 4.69) is 15.1 Å². The number of urea groups is 1. The number of piperidine rings is 2. The van der Waals surface area contributed by atoms with Crippen molar-refractivity contribution in [2.24, 2.45) is 5.92 Å². The monoisotopic (exact) mass is 572 g/mol. The smallest absolute Gasteiger partial charge is 0.318 e. The van der Waals surface area contributed by atoms with Crippen LogP contribution in [0.5, 0.6) is 5.75 Å². The quantitative estimate of drug-likeness (QED) is 0.466. The SMILES string of the molecule is CN1C(=O)N[C@H](c2ccccc2)[C@@]1(C)C(=O)CN1CCC(CN2CCC(Oc3ccc(Cl)c(Cl)c3)CC2)CC1. The molecule has 0 aliphatic carbocycles. The third-order valence-electron chi connectivity index (χ3n) is 8.85. The first-order chi connectivity index (χ1) is 18.7. The molecule has 0 saturated carbocycles. The maximum atomic E-state index is 13.7. The van der Waals surface area contributed by atoms with Gasteiger partial charge in [-0.05, 0) is 69.3 Å². The molecule has 3 aliphatic heterocycles. The van der Waals surface area contributed by atoms with E-state index in [-0.39, 0.29) is 24.0 Å². The molecular formula is C30H38Cl2N4O3. The van der Waals surface area contributed by atoms with Gasteiger partial charge in [0, 0.05) is 32.7 Å². The molecule has 210 valence electrons. The highest BCUT2D eigenvalue weighted by Crippen LogP contribution is 2.37. The molecule has 0 bridgehead atoms. The van der Waals surface area contributed by atoms with E-state index in [1.807, 2.05) is 43.3 Å². The molecule has 3 aliphatic rings. The summed E-state index contributed by atoms with van der Waals surface area (Å²) >= 11 is 12.1. The Kier molecular flexibility index (Phi) is 8.72. The number of amides is 2. The maximum Gasteiger partial charge on any atom is 0.318 e. The fraction of sp³-hybridized carbons (Fsp3) is 0.533. The molecule has 2 aromatic rings. The van der Waals surface area contributed by atoms with Gasteiger partial charge < -0.3 is 19.9 Å². The van der Waals surface area contributed by atoms with Gasteiger partial charge in [0.2, 0.25) is 0 Å². The average Bonchev–Trinajstić information content (AvgIpc) is 3.18. The highest BCUT2D eigenvalue weighted by atomic mass is 35.5. The van der Waals surface area contributed by atoms with Crippen LogP contribution in [0.15, 0.2) is 48.5 Å². The molecule has 0 spiro atoms. The molecule has 0 unspecified atom stereocenters. The van der Waals surface area contributed by atoms with E-state index in [0.29, 0.717) is 22.5 Å². The number of hydrogen-bond acceptors (Lipinski definition) is 5. The van der Waals surface area contributed by atoms with Gasteiger partial charge in [-0.1, -0.05) is 53.5 Å². The van der Waals surface area contributed by atoms with Gasteiger partial charge in [0.25, 0.3) is 0 Å². The summed E-state index contributed by atoms with van der Waals surface area (Å²) in [7, 11) is 1.72. The third-order valence-corrected chi connectivity index (χ3v) is 9.59. The number of halogens is 2. The van der Waals surface area contributed by atoms with Crippen molar-refractivity contribution in [1.82, 2.24) is 20.0 Å². The van der Waals surface area contributed by atoms with Gasteiger partial charge in [-0.2, -0.15) is 0 Å². The second-order valence-corrected chi connectivity index (χ2v) is 12.2. The Morgan fingerprint density at radius 1 is 0.974 bits per heavy atom. The first-order valence-electron chi connectivity index (χ1n) is 13.9. The topological polar surface area (TPSA) is 65.1 Å². The molecule has 2 atom stereocenters. The van der Waals surface area contributed by atoms with Gasteiger partial charge in [-0.15, -0.1) is 0 Å². The van der Waals surface area contributed by atoms with E-state index in [1.54, 1.807) is 24.1 Å². The zero-order valence-electron chi connectivity index (χ0n) is 22.7. The first kappa shape index (κ1) is 28.2. The van der Waals surface area contributed by atoms with Crippen molar-refractivity contribution in [1.29, 1.82) is 0 Å². The van der Waals surface area contributed by atoms with E-state index in [0.717, 1.165) is 69.7 Å². The summed E-state index contributed by atoms with van der Waals surface area (Å²) in [6, 6.07) is 14.7. The summed E-state index contributed by atoms with van der Waals surface area (Å²) in [5, 5.41) is 4.08. The fourth-order valence-corrected chi connectivity index (χ4v) is 6.46. The summed E-state index contributed by atoms with van der Waals surface area (Å²) in [6.07, 6.45) is 4.35. The van der Waals surface area contributed by atoms with Crippen molar-refractivity contribution < 1.29 is 14.3 Å². The number of carbonyl (C=O) groups excluding carboxylic acids is 2. The largest absolute Gasteiger partial charge is 0.490 e. The van der Waals surface area contributed by atoms with E-state index in [1.165, 1.54) is 0 Å². The minimum atomic E-state index is -0.918. The molecular weight excluding hydrogens is 535 g/mol. The molecule has 7 nitrogen and oxygen atoms in total. The van der Waals surface area contributed by atoms with Crippen LogP contribution in [0.3, 0.4) is 0 Å². The van der Waals surface area contributed by atoms with Crippen LogP contribution >= 0.6 is 23.2 Å². The van der Waals surface area contributed by atoms with Gasteiger partial charge in [-0.3, -0.25) is 9.69 Å². The molecule has 5 rings (SSSR count). The number of ketones is 1. The van der Waals surface area contributed by atoms with E-state index >= 15 is 0 Å². The van der Waals surface area contributed by atoms with E-state index in [4.69, 9.17) is 27.9 Å². The third kappa shape index (κ3) is 6.22. The second-order valence-electron chi connectivity index (χ2n) is 11.3. The van der Waals surface area contributed by atoms with Gasteiger partial charge in [-0.25, -0.2) is 4.79 Å². The van der Waals surface area contributed by atoms with Crippen molar-refractivity contribution in [3.63, 3.8) is 0 Å². The van der Waals surface area contributed by atoms with Crippen molar-refractivity contribution >= 4 is 35.0 Å². The van der Waals surface area contributed by atoms with E-state index in [9.17, 15) is 9.59 Å². The molecule has 3 fully saturated rings. The zero-order chi connectivity index (χ0) is 27.6. The number of Topliss-reactive ketones (excluding diaryl/α,β-unsaturated/α-hetero) is 1. The summed E-state index contributed by atoms with van der Waals surface area (Å²) in [5.74, 6) is 1.49. The highest BCUT2D eigenvalue weighted by molar-refractivity contribution is 6.42. The molecule has 3 saturated heterocycles. The Morgan fingerprint density at radius 2 is 1.64 bits per heavy atom. The molecule has 0 radical (unpaired) electrons. The highest BCUT2D eigenvalue weighted by Gasteiger charge is 2.53. The van der Waals surface area contributed by atoms with Crippen LogP contribution < -0.4 is 10.1 Å². The van der Waals surface area contributed by atoms with Crippen molar-refractivity contribution in [2.75, 3.05) is 46.3 Å². The normalized spacial score (nSPS) is 25.6. The second kappa shape index (κ2) is 12.0. The maximum absolute atomic E-state index is 13.7. The number of carbonyl (C=O) groups is 2. The molecule has 9 heteroatoms. The summed E-state index contributed by atoms with van der Waals surface area (Å²) < 4.78 is 6.14. The van der Waals surface area contributed by atoms with Crippen molar-refractivity contribution in [3.8, 4) is 5.75 Å². The van der Waals surface area contributed by atoms with Gasteiger partial charge >= 0.3 is 6.03 Å². The minimum Gasteiger partial charge on any atom is -0.490 e. The molecule has 3 heterocycles. The Hall–Kier alpha value is -2.32. The van der Waals surface area contributed by atoms with Gasteiger partial charge in [0.05, 0.1) is 22.6 Å². The van der Waals surface area contributed by atoms with Crippen LogP contribution in [0.25, 0.3) is 0 Å². The first-order valence-corrected chi connectivity index (χ1v) is 14.7. The van der Waals surface area contributed by atoms with Crippen LogP contribution in [0.4, 0.5) is 4.79 Å². The summed E-state index contributed by atoms with van der Waals surface area (Å²) in [6.45, 7) is 7.22. The lowest BCUT2D eigenvalue weighted by atomic mass is 9.83. The summed E-state index contributed by atoms with van der Waals surface area (Å²) in [5.41, 5.74) is 0.0369. The van der Waals surface area contributed by atoms with Crippen molar-refractivity contribution in [2.45, 2.75) is 50.3 Å². The van der Waals surface area contributed by atoms with Gasteiger partial charge in [0.15, 0.2) is 5.78 Å². The number of ether oxygens (including phenoxy) is 1. The predicted octanol–water partition coefficient (Wildman–Crippen LogP) is 5.27.